The zero-order valence-corrected chi connectivity index (χ0v) is 13.2. The Hall–Kier alpha value is -1.43. The van der Waals surface area contributed by atoms with Crippen molar-refractivity contribution in [3.8, 4) is 0 Å². The lowest BCUT2D eigenvalue weighted by Gasteiger charge is -2.14. The molecule has 1 aliphatic carbocycles. The molecule has 5 nitrogen and oxygen atoms in total. The molecule has 1 saturated carbocycles. The lowest BCUT2D eigenvalue weighted by Crippen LogP contribution is -2.18. The first kappa shape index (κ1) is 15.0. The van der Waals surface area contributed by atoms with Gasteiger partial charge >= 0.3 is 5.97 Å². The highest BCUT2D eigenvalue weighted by Gasteiger charge is 2.66. The van der Waals surface area contributed by atoms with E-state index in [2.05, 4.69) is 31.1 Å². The van der Waals surface area contributed by atoms with Crippen molar-refractivity contribution < 1.29 is 14.7 Å². The van der Waals surface area contributed by atoms with Crippen LogP contribution in [0.4, 0.5) is 5.13 Å². The van der Waals surface area contributed by atoms with Crippen LogP contribution < -0.4 is 5.32 Å². The van der Waals surface area contributed by atoms with Crippen LogP contribution in [0.1, 0.15) is 40.3 Å². The maximum absolute atomic E-state index is 12.2. The van der Waals surface area contributed by atoms with Crippen LogP contribution in [0.25, 0.3) is 0 Å². The summed E-state index contributed by atoms with van der Waals surface area (Å²) < 4.78 is 0. The third-order valence-electron chi connectivity index (χ3n) is 3.88. The molecule has 1 amide bonds. The summed E-state index contributed by atoms with van der Waals surface area (Å²) in [5.74, 6) is -2.26. The third kappa shape index (κ3) is 2.57. The normalized spacial score (nSPS) is 24.2. The highest BCUT2D eigenvalue weighted by Crippen LogP contribution is 2.58. The molecule has 2 rings (SSSR count). The number of anilines is 1. The Bertz CT molecular complexity index is 557. The van der Waals surface area contributed by atoms with Crippen LogP contribution in [0.15, 0.2) is 5.38 Å². The van der Waals surface area contributed by atoms with Crippen LogP contribution in [0.5, 0.6) is 0 Å². The van der Waals surface area contributed by atoms with E-state index >= 15 is 0 Å². The molecule has 0 aromatic carbocycles. The van der Waals surface area contributed by atoms with Gasteiger partial charge in [0.05, 0.1) is 17.5 Å². The fourth-order valence-corrected chi connectivity index (χ4v) is 3.39. The molecule has 110 valence electrons. The van der Waals surface area contributed by atoms with Gasteiger partial charge in [-0.05, 0) is 5.41 Å². The molecule has 1 fully saturated rings. The van der Waals surface area contributed by atoms with Gasteiger partial charge in [0, 0.05) is 10.8 Å². The molecule has 2 atom stereocenters. The number of aliphatic carboxylic acids is 1. The first-order valence-corrected chi connectivity index (χ1v) is 7.43. The average Bonchev–Trinajstić information content (AvgIpc) is 2.67. The van der Waals surface area contributed by atoms with Crippen LogP contribution in [0.3, 0.4) is 0 Å². The van der Waals surface area contributed by atoms with E-state index in [0.717, 1.165) is 5.69 Å². The fraction of sp³-hybridized carbons (Fsp3) is 0.643. The molecule has 2 N–H and O–H groups in total. The van der Waals surface area contributed by atoms with Gasteiger partial charge in [-0.25, -0.2) is 4.98 Å². The Balaban J connectivity index is 2.07. The van der Waals surface area contributed by atoms with Crippen LogP contribution in [-0.2, 0) is 15.0 Å². The predicted molar refractivity (Wildman–Crippen MR) is 77.8 cm³/mol. The van der Waals surface area contributed by atoms with Crippen molar-refractivity contribution in [3.05, 3.63) is 11.1 Å². The molecular formula is C14H20N2O3S. The summed E-state index contributed by atoms with van der Waals surface area (Å²) in [6.45, 7) is 9.77. The third-order valence-corrected chi connectivity index (χ3v) is 4.64. The van der Waals surface area contributed by atoms with E-state index in [9.17, 15) is 9.59 Å². The first-order valence-electron chi connectivity index (χ1n) is 6.55. The number of carbonyl (C=O) groups is 2. The van der Waals surface area contributed by atoms with Crippen molar-refractivity contribution in [2.75, 3.05) is 5.32 Å². The predicted octanol–water partition coefficient (Wildman–Crippen LogP) is 2.74. The lowest BCUT2D eigenvalue weighted by atomic mass is 9.93. The summed E-state index contributed by atoms with van der Waals surface area (Å²) in [7, 11) is 0. The van der Waals surface area contributed by atoms with Gasteiger partial charge in [0.1, 0.15) is 0 Å². The molecular weight excluding hydrogens is 276 g/mol. The largest absolute Gasteiger partial charge is 0.481 e. The van der Waals surface area contributed by atoms with Gasteiger partial charge in [-0.15, -0.1) is 11.3 Å². The van der Waals surface area contributed by atoms with E-state index < -0.39 is 23.2 Å². The number of carboxylic acids is 1. The second-order valence-electron chi connectivity index (χ2n) is 6.89. The lowest BCUT2D eigenvalue weighted by molar-refractivity contribution is -0.140. The monoisotopic (exact) mass is 296 g/mol. The number of hydrogen-bond acceptors (Lipinski definition) is 4. The zero-order valence-electron chi connectivity index (χ0n) is 12.4. The van der Waals surface area contributed by atoms with Crippen molar-refractivity contribution in [3.63, 3.8) is 0 Å². The molecule has 0 spiro atoms. The Morgan fingerprint density at radius 2 is 1.95 bits per heavy atom. The van der Waals surface area contributed by atoms with Gasteiger partial charge in [0.2, 0.25) is 5.91 Å². The van der Waals surface area contributed by atoms with E-state index in [1.165, 1.54) is 11.3 Å². The molecule has 1 aromatic rings. The number of carboxylic acid groups (broad SMARTS) is 1. The number of rotatable bonds is 3. The Labute approximate surface area is 122 Å². The number of thiazole rings is 1. The molecule has 0 saturated heterocycles. The fourth-order valence-electron chi connectivity index (χ4n) is 2.45. The van der Waals surface area contributed by atoms with E-state index in [1.807, 2.05) is 5.38 Å². The molecule has 0 bridgehead atoms. The molecule has 1 aromatic heterocycles. The van der Waals surface area contributed by atoms with E-state index in [-0.39, 0.29) is 11.3 Å². The minimum atomic E-state index is -0.912. The Kier molecular flexibility index (Phi) is 3.40. The average molecular weight is 296 g/mol. The molecule has 6 heteroatoms. The van der Waals surface area contributed by atoms with Crippen LogP contribution in [-0.4, -0.2) is 22.0 Å². The van der Waals surface area contributed by atoms with E-state index in [0.29, 0.717) is 5.13 Å². The van der Waals surface area contributed by atoms with Gasteiger partial charge in [-0.3, -0.25) is 9.59 Å². The second-order valence-corrected chi connectivity index (χ2v) is 7.75. The number of amides is 1. The van der Waals surface area contributed by atoms with Gasteiger partial charge in [-0.1, -0.05) is 34.6 Å². The highest BCUT2D eigenvalue weighted by atomic mass is 32.1. The summed E-state index contributed by atoms with van der Waals surface area (Å²) in [5, 5.41) is 14.3. The second kappa shape index (κ2) is 4.55. The molecule has 2 unspecified atom stereocenters. The molecule has 20 heavy (non-hydrogen) atoms. The molecule has 0 radical (unpaired) electrons. The first-order chi connectivity index (χ1) is 9.05. The Morgan fingerprint density at radius 1 is 1.35 bits per heavy atom. The molecule has 1 heterocycles. The smallest absolute Gasteiger partial charge is 0.307 e. The summed E-state index contributed by atoms with van der Waals surface area (Å²) in [4.78, 5) is 27.6. The van der Waals surface area contributed by atoms with Crippen molar-refractivity contribution in [1.82, 2.24) is 4.98 Å². The van der Waals surface area contributed by atoms with Gasteiger partial charge in [0.15, 0.2) is 5.13 Å². The number of aromatic nitrogens is 1. The summed E-state index contributed by atoms with van der Waals surface area (Å²) in [6, 6.07) is 0. The van der Waals surface area contributed by atoms with Crippen LogP contribution in [0.2, 0.25) is 0 Å². The van der Waals surface area contributed by atoms with Gasteiger partial charge in [-0.2, -0.15) is 0 Å². The summed E-state index contributed by atoms with van der Waals surface area (Å²) in [6.07, 6.45) is 0. The van der Waals surface area contributed by atoms with Gasteiger partial charge in [0.25, 0.3) is 0 Å². The topological polar surface area (TPSA) is 79.3 Å². The maximum atomic E-state index is 12.2. The SMILES string of the molecule is CC(C)(C)c1csc(NC(=O)C2C(C(=O)O)C2(C)C)n1. The van der Waals surface area contributed by atoms with Gasteiger partial charge < -0.3 is 10.4 Å². The molecule has 0 aliphatic heterocycles. The maximum Gasteiger partial charge on any atom is 0.307 e. The highest BCUT2D eigenvalue weighted by molar-refractivity contribution is 7.13. The summed E-state index contributed by atoms with van der Waals surface area (Å²) in [5.41, 5.74) is 0.366. The van der Waals surface area contributed by atoms with Crippen molar-refractivity contribution >= 4 is 28.3 Å². The van der Waals surface area contributed by atoms with E-state index in [4.69, 9.17) is 5.11 Å². The number of hydrogen-bond donors (Lipinski definition) is 2. The standard InChI is InChI=1S/C14H20N2O3S/c1-13(2,3)7-6-20-12(15-7)16-10(17)8-9(11(18)19)14(8,4)5/h6,8-9H,1-5H3,(H,18,19)(H,15,16,17). The number of nitrogens with zero attached hydrogens (tertiary/aromatic N) is 1. The minimum absolute atomic E-state index is 0.0675. The van der Waals surface area contributed by atoms with Crippen molar-refractivity contribution in [1.29, 1.82) is 0 Å². The van der Waals surface area contributed by atoms with Crippen LogP contribution in [0, 0.1) is 17.3 Å². The van der Waals surface area contributed by atoms with E-state index in [1.54, 1.807) is 13.8 Å². The Morgan fingerprint density at radius 3 is 2.35 bits per heavy atom. The number of carbonyl (C=O) groups excluding carboxylic acids is 1. The van der Waals surface area contributed by atoms with Crippen LogP contribution >= 0.6 is 11.3 Å². The minimum Gasteiger partial charge on any atom is -0.481 e. The van der Waals surface area contributed by atoms with Crippen molar-refractivity contribution in [2.45, 2.75) is 40.0 Å². The number of nitrogens with one attached hydrogen (secondary N) is 1. The van der Waals surface area contributed by atoms with Crippen molar-refractivity contribution in [2.24, 2.45) is 17.3 Å². The molecule has 1 aliphatic rings. The quantitative estimate of drug-likeness (QED) is 0.899. The summed E-state index contributed by atoms with van der Waals surface area (Å²) >= 11 is 1.37. The zero-order chi connectivity index (χ0) is 15.3.